The molecule has 5 nitrogen and oxygen atoms in total. The molecule has 0 aliphatic carbocycles. The molecule has 162 valence electrons. The van der Waals surface area contributed by atoms with Gasteiger partial charge in [-0.25, -0.2) is 0 Å². The number of carbonyl (C=O) groups excluding carboxylic acids is 1. The summed E-state index contributed by atoms with van der Waals surface area (Å²) in [6.07, 6.45) is 3.00. The second-order valence-electron chi connectivity index (χ2n) is 8.12. The van der Waals surface area contributed by atoms with E-state index in [0.29, 0.717) is 33.5 Å². The Morgan fingerprint density at radius 3 is 2.58 bits per heavy atom. The fourth-order valence-electron chi connectivity index (χ4n) is 4.43. The van der Waals surface area contributed by atoms with Crippen molar-refractivity contribution in [2.45, 2.75) is 46.1 Å². The van der Waals surface area contributed by atoms with Crippen molar-refractivity contribution in [3.05, 3.63) is 68.3 Å². The Bertz CT molecular complexity index is 1130. The molecule has 0 bridgehead atoms. The van der Waals surface area contributed by atoms with Crippen molar-refractivity contribution in [2.24, 2.45) is 0 Å². The average molecular weight is 458 g/mol. The second-order valence-corrected chi connectivity index (χ2v) is 8.93. The highest BCUT2D eigenvalue weighted by Crippen LogP contribution is 2.46. The lowest BCUT2D eigenvalue weighted by Crippen LogP contribution is -2.30. The molecular formula is C24H25Cl2N3O2. The lowest BCUT2D eigenvalue weighted by atomic mass is 9.93. The van der Waals surface area contributed by atoms with Gasteiger partial charge in [0.05, 0.1) is 16.1 Å². The van der Waals surface area contributed by atoms with Gasteiger partial charge in [-0.1, -0.05) is 55.1 Å². The van der Waals surface area contributed by atoms with E-state index in [1.807, 2.05) is 36.9 Å². The van der Waals surface area contributed by atoms with Crippen molar-refractivity contribution in [1.82, 2.24) is 15.1 Å². The Labute approximate surface area is 192 Å². The molecule has 3 aromatic rings. The highest BCUT2D eigenvalue weighted by Gasteiger charge is 2.42. The van der Waals surface area contributed by atoms with Crippen molar-refractivity contribution >= 4 is 29.1 Å². The first kappa shape index (κ1) is 21.7. The number of rotatable bonds is 6. The Morgan fingerprint density at radius 2 is 1.90 bits per heavy atom. The third-order valence-electron chi connectivity index (χ3n) is 5.82. The van der Waals surface area contributed by atoms with Crippen LogP contribution in [0.2, 0.25) is 10.0 Å². The quantitative estimate of drug-likeness (QED) is 0.418. The van der Waals surface area contributed by atoms with Gasteiger partial charge in [-0.2, -0.15) is 5.10 Å². The number of fused-ring (bicyclic) bond motifs is 1. The van der Waals surface area contributed by atoms with Gasteiger partial charge in [0, 0.05) is 17.7 Å². The zero-order chi connectivity index (χ0) is 22.3. The maximum absolute atomic E-state index is 13.3. The number of hydrogen-bond acceptors (Lipinski definition) is 3. The molecule has 1 unspecified atom stereocenters. The summed E-state index contributed by atoms with van der Waals surface area (Å²) in [5, 5.41) is 19.0. The van der Waals surface area contributed by atoms with E-state index in [4.69, 9.17) is 23.2 Å². The third kappa shape index (κ3) is 3.81. The number of aromatic amines is 1. The Balaban J connectivity index is 1.89. The van der Waals surface area contributed by atoms with Crippen LogP contribution in [-0.2, 0) is 0 Å². The van der Waals surface area contributed by atoms with Crippen LogP contribution in [0.1, 0.15) is 65.0 Å². The Hall–Kier alpha value is -2.50. The van der Waals surface area contributed by atoms with Gasteiger partial charge in [0.25, 0.3) is 5.91 Å². The summed E-state index contributed by atoms with van der Waals surface area (Å²) in [5.41, 5.74) is 5.18. The largest absolute Gasteiger partial charge is 0.507 e. The number of aromatic nitrogens is 2. The molecule has 1 aliphatic rings. The van der Waals surface area contributed by atoms with Crippen molar-refractivity contribution in [1.29, 1.82) is 0 Å². The molecule has 0 fully saturated rings. The summed E-state index contributed by atoms with van der Waals surface area (Å²) in [6.45, 7) is 6.63. The lowest BCUT2D eigenvalue weighted by molar-refractivity contribution is 0.0740. The maximum atomic E-state index is 13.3. The summed E-state index contributed by atoms with van der Waals surface area (Å²) in [4.78, 5) is 15.2. The molecule has 1 atom stereocenters. The fourth-order valence-corrected chi connectivity index (χ4v) is 4.74. The zero-order valence-corrected chi connectivity index (χ0v) is 19.3. The van der Waals surface area contributed by atoms with Crippen LogP contribution >= 0.6 is 23.2 Å². The standard InChI is InChI=1S/C24H25Cl2N3O2/c1-4-5-6-9-29-23(15-7-8-16(25)17(26)12-15)20-21(27-28-22(20)24(29)31)19-14(3)10-13(2)11-18(19)30/h7-8,10-12,23,30H,4-6,9H2,1-3H3,(H,27,28). The SMILES string of the molecule is CCCCCN1C(=O)c2[nH]nc(-c3c(C)cc(C)cc3O)c2C1c1ccc(Cl)c(Cl)c1. The van der Waals surface area contributed by atoms with Crippen LogP contribution < -0.4 is 0 Å². The number of unbranched alkanes of at least 4 members (excludes halogenated alkanes) is 2. The molecule has 0 radical (unpaired) electrons. The first-order valence-corrected chi connectivity index (χ1v) is 11.2. The van der Waals surface area contributed by atoms with E-state index in [1.165, 1.54) is 0 Å². The topological polar surface area (TPSA) is 69.2 Å². The van der Waals surface area contributed by atoms with E-state index >= 15 is 0 Å². The number of amides is 1. The van der Waals surface area contributed by atoms with Crippen LogP contribution in [0.5, 0.6) is 5.75 Å². The van der Waals surface area contributed by atoms with Gasteiger partial charge >= 0.3 is 0 Å². The highest BCUT2D eigenvalue weighted by molar-refractivity contribution is 6.42. The molecule has 1 aromatic heterocycles. The molecule has 1 aliphatic heterocycles. The number of phenolic OH excluding ortho intramolecular Hbond substituents is 1. The molecule has 31 heavy (non-hydrogen) atoms. The smallest absolute Gasteiger partial charge is 0.273 e. The predicted octanol–water partition coefficient (Wildman–Crippen LogP) is 6.44. The normalized spacial score (nSPS) is 15.6. The summed E-state index contributed by atoms with van der Waals surface area (Å²) in [7, 11) is 0. The molecule has 0 spiro atoms. The number of H-pyrrole nitrogens is 1. The van der Waals surface area contributed by atoms with Gasteiger partial charge in [0.2, 0.25) is 0 Å². The number of hydrogen-bond donors (Lipinski definition) is 2. The average Bonchev–Trinajstić information content (AvgIpc) is 3.23. The first-order valence-electron chi connectivity index (χ1n) is 10.5. The summed E-state index contributed by atoms with van der Waals surface area (Å²) in [5.74, 6) is 0.0572. The minimum absolute atomic E-state index is 0.0924. The Morgan fingerprint density at radius 1 is 1.13 bits per heavy atom. The molecule has 0 saturated heterocycles. The van der Waals surface area contributed by atoms with Gasteiger partial charge < -0.3 is 10.0 Å². The van der Waals surface area contributed by atoms with E-state index in [0.717, 1.165) is 41.5 Å². The van der Waals surface area contributed by atoms with Crippen LogP contribution in [0, 0.1) is 13.8 Å². The molecule has 7 heteroatoms. The van der Waals surface area contributed by atoms with Crippen LogP contribution in [0.15, 0.2) is 30.3 Å². The van der Waals surface area contributed by atoms with Gasteiger partial charge in [0.1, 0.15) is 17.1 Å². The van der Waals surface area contributed by atoms with Crippen LogP contribution in [0.25, 0.3) is 11.3 Å². The molecule has 1 amide bonds. The van der Waals surface area contributed by atoms with Gasteiger partial charge in [-0.15, -0.1) is 0 Å². The van der Waals surface area contributed by atoms with E-state index < -0.39 is 0 Å². The zero-order valence-electron chi connectivity index (χ0n) is 17.8. The number of nitrogens with one attached hydrogen (secondary N) is 1. The number of nitrogens with zero attached hydrogens (tertiary/aromatic N) is 2. The van der Waals surface area contributed by atoms with E-state index in [-0.39, 0.29) is 17.7 Å². The first-order chi connectivity index (χ1) is 14.8. The maximum Gasteiger partial charge on any atom is 0.273 e. The number of benzene rings is 2. The van der Waals surface area contributed by atoms with Crippen molar-refractivity contribution < 1.29 is 9.90 Å². The van der Waals surface area contributed by atoms with Gasteiger partial charge in [-0.05, 0) is 55.2 Å². The summed E-state index contributed by atoms with van der Waals surface area (Å²) in [6, 6.07) is 8.81. The number of aromatic hydroxyl groups is 1. The molecule has 2 aromatic carbocycles. The van der Waals surface area contributed by atoms with E-state index in [9.17, 15) is 9.90 Å². The number of aryl methyl sites for hydroxylation is 2. The minimum atomic E-state index is -0.358. The monoisotopic (exact) mass is 457 g/mol. The summed E-state index contributed by atoms with van der Waals surface area (Å²) >= 11 is 12.5. The predicted molar refractivity (Wildman–Crippen MR) is 124 cm³/mol. The highest BCUT2D eigenvalue weighted by atomic mass is 35.5. The summed E-state index contributed by atoms with van der Waals surface area (Å²) < 4.78 is 0. The van der Waals surface area contributed by atoms with Gasteiger partial charge in [0.15, 0.2) is 0 Å². The second kappa shape index (κ2) is 8.56. The molecule has 0 saturated carbocycles. The molecule has 2 heterocycles. The molecule has 4 rings (SSSR count). The molecular weight excluding hydrogens is 433 g/mol. The fraction of sp³-hybridized carbons (Fsp3) is 0.333. The van der Waals surface area contributed by atoms with Crippen LogP contribution in [0.3, 0.4) is 0 Å². The van der Waals surface area contributed by atoms with E-state index in [2.05, 4.69) is 17.1 Å². The number of phenols is 1. The third-order valence-corrected chi connectivity index (χ3v) is 6.56. The lowest BCUT2D eigenvalue weighted by Gasteiger charge is -2.27. The van der Waals surface area contributed by atoms with Crippen LogP contribution in [0.4, 0.5) is 0 Å². The van der Waals surface area contributed by atoms with Gasteiger partial charge in [-0.3, -0.25) is 9.89 Å². The van der Waals surface area contributed by atoms with Crippen molar-refractivity contribution in [3.63, 3.8) is 0 Å². The van der Waals surface area contributed by atoms with Crippen molar-refractivity contribution in [3.8, 4) is 17.0 Å². The van der Waals surface area contributed by atoms with Crippen molar-refractivity contribution in [2.75, 3.05) is 6.54 Å². The van der Waals surface area contributed by atoms with E-state index in [1.54, 1.807) is 12.1 Å². The number of halogens is 2. The Kier molecular flexibility index (Phi) is 6.00. The van der Waals surface area contributed by atoms with Crippen LogP contribution in [-0.4, -0.2) is 32.7 Å². The molecule has 2 N–H and O–H groups in total. The number of carbonyl (C=O) groups is 1. The minimum Gasteiger partial charge on any atom is -0.507 e.